The Labute approximate surface area is 119 Å². The fourth-order valence-electron chi connectivity index (χ4n) is 1.95. The molecular weight excluding hydrogens is 258 g/mol. The first-order valence-corrected chi connectivity index (χ1v) is 6.83. The fraction of sp³-hybridized carbons (Fsp3) is 0.250. The highest BCUT2D eigenvalue weighted by Gasteiger charge is 2.06. The largest absolute Gasteiger partial charge is 0.488 e. The minimum absolute atomic E-state index is 0.458. The smallest absolute Gasteiger partial charge is 0.125 e. The van der Waals surface area contributed by atoms with Crippen molar-refractivity contribution in [1.82, 2.24) is 0 Å². The Morgan fingerprint density at radius 3 is 2.63 bits per heavy atom. The number of nitrogen functional groups attached to an aromatic ring is 1. The highest BCUT2D eigenvalue weighted by molar-refractivity contribution is 6.31. The molecule has 19 heavy (non-hydrogen) atoms. The average Bonchev–Trinajstić information content (AvgIpc) is 2.41. The summed E-state index contributed by atoms with van der Waals surface area (Å²) in [6.45, 7) is 2.61. The number of rotatable bonds is 5. The number of anilines is 1. The lowest BCUT2D eigenvalue weighted by molar-refractivity contribution is 0.303. The predicted molar refractivity (Wildman–Crippen MR) is 80.6 cm³/mol. The number of hydrogen-bond acceptors (Lipinski definition) is 2. The van der Waals surface area contributed by atoms with Crippen LogP contribution in [0.4, 0.5) is 5.69 Å². The van der Waals surface area contributed by atoms with E-state index in [1.54, 1.807) is 0 Å². The second-order valence-corrected chi connectivity index (χ2v) is 4.90. The Morgan fingerprint density at radius 1 is 1.11 bits per heavy atom. The van der Waals surface area contributed by atoms with Crippen molar-refractivity contribution in [3.8, 4) is 5.75 Å². The third kappa shape index (κ3) is 3.65. The van der Waals surface area contributed by atoms with Gasteiger partial charge in [0.1, 0.15) is 12.4 Å². The zero-order chi connectivity index (χ0) is 13.7. The molecule has 0 aliphatic rings. The highest BCUT2D eigenvalue weighted by atomic mass is 35.5. The van der Waals surface area contributed by atoms with E-state index in [2.05, 4.69) is 6.92 Å². The molecule has 100 valence electrons. The van der Waals surface area contributed by atoms with Crippen LogP contribution in [-0.2, 0) is 13.0 Å². The molecule has 0 aromatic heterocycles. The summed E-state index contributed by atoms with van der Waals surface area (Å²) in [6, 6.07) is 13.5. The summed E-state index contributed by atoms with van der Waals surface area (Å²) in [6.07, 6.45) is 2.06. The van der Waals surface area contributed by atoms with Gasteiger partial charge in [0, 0.05) is 22.3 Å². The minimum atomic E-state index is 0.458. The summed E-state index contributed by atoms with van der Waals surface area (Å²) in [5.74, 6) is 0.849. The van der Waals surface area contributed by atoms with Crippen molar-refractivity contribution in [3.63, 3.8) is 0 Å². The van der Waals surface area contributed by atoms with E-state index in [9.17, 15) is 0 Å². The monoisotopic (exact) mass is 275 g/mol. The van der Waals surface area contributed by atoms with Gasteiger partial charge in [0.05, 0.1) is 0 Å². The van der Waals surface area contributed by atoms with E-state index >= 15 is 0 Å². The summed E-state index contributed by atoms with van der Waals surface area (Å²) in [4.78, 5) is 0. The zero-order valence-electron chi connectivity index (χ0n) is 11.0. The van der Waals surface area contributed by atoms with Gasteiger partial charge in [-0.2, -0.15) is 0 Å². The van der Waals surface area contributed by atoms with Crippen LogP contribution in [0.15, 0.2) is 42.5 Å². The first kappa shape index (κ1) is 13.8. The van der Waals surface area contributed by atoms with Gasteiger partial charge in [-0.25, -0.2) is 0 Å². The Kier molecular flexibility index (Phi) is 4.69. The molecule has 0 atom stereocenters. The standard InChI is InChI=1S/C16H18ClNO/c1-2-5-12-8-9-14(18)10-16(12)19-11-13-6-3-4-7-15(13)17/h3-4,6-10H,2,5,11,18H2,1H3. The number of nitrogens with two attached hydrogens (primary N) is 1. The molecule has 0 unspecified atom stereocenters. The Hall–Kier alpha value is -1.67. The van der Waals surface area contributed by atoms with Crippen LogP contribution in [-0.4, -0.2) is 0 Å². The van der Waals surface area contributed by atoms with Crippen LogP contribution in [0.3, 0.4) is 0 Å². The molecule has 2 nitrogen and oxygen atoms in total. The van der Waals surface area contributed by atoms with Crippen molar-refractivity contribution in [2.45, 2.75) is 26.4 Å². The second-order valence-electron chi connectivity index (χ2n) is 4.50. The quantitative estimate of drug-likeness (QED) is 0.818. The van der Waals surface area contributed by atoms with Gasteiger partial charge in [-0.15, -0.1) is 0 Å². The molecule has 3 heteroatoms. The molecule has 0 amide bonds. The van der Waals surface area contributed by atoms with E-state index in [1.165, 1.54) is 5.56 Å². The van der Waals surface area contributed by atoms with Gasteiger partial charge in [-0.3, -0.25) is 0 Å². The molecule has 2 rings (SSSR count). The van der Waals surface area contributed by atoms with Crippen LogP contribution in [0, 0.1) is 0 Å². The molecule has 2 aromatic rings. The number of aryl methyl sites for hydroxylation is 1. The van der Waals surface area contributed by atoms with Gasteiger partial charge in [0.2, 0.25) is 0 Å². The van der Waals surface area contributed by atoms with Gasteiger partial charge < -0.3 is 10.5 Å². The van der Waals surface area contributed by atoms with Gasteiger partial charge in [0.15, 0.2) is 0 Å². The summed E-state index contributed by atoms with van der Waals surface area (Å²) in [5, 5.41) is 0.725. The minimum Gasteiger partial charge on any atom is -0.488 e. The number of ether oxygens (including phenoxy) is 1. The zero-order valence-corrected chi connectivity index (χ0v) is 11.8. The van der Waals surface area contributed by atoms with Gasteiger partial charge in [0.25, 0.3) is 0 Å². The van der Waals surface area contributed by atoms with Crippen LogP contribution in [0.2, 0.25) is 5.02 Å². The van der Waals surface area contributed by atoms with Crippen molar-refractivity contribution >= 4 is 17.3 Å². The van der Waals surface area contributed by atoms with Crippen molar-refractivity contribution in [3.05, 3.63) is 58.6 Å². The van der Waals surface area contributed by atoms with Gasteiger partial charge >= 0.3 is 0 Å². The maximum absolute atomic E-state index is 6.12. The molecule has 0 aliphatic carbocycles. The molecule has 0 fully saturated rings. The van der Waals surface area contributed by atoms with Crippen molar-refractivity contribution in [2.24, 2.45) is 0 Å². The van der Waals surface area contributed by atoms with E-state index in [0.29, 0.717) is 12.3 Å². The topological polar surface area (TPSA) is 35.2 Å². The van der Waals surface area contributed by atoms with E-state index in [-0.39, 0.29) is 0 Å². The molecule has 0 bridgehead atoms. The van der Waals surface area contributed by atoms with Crippen LogP contribution < -0.4 is 10.5 Å². The van der Waals surface area contributed by atoms with Crippen LogP contribution in [0.1, 0.15) is 24.5 Å². The normalized spacial score (nSPS) is 10.4. The molecule has 0 heterocycles. The molecule has 0 saturated heterocycles. The third-order valence-corrected chi connectivity index (χ3v) is 3.32. The van der Waals surface area contributed by atoms with Crippen LogP contribution in [0.5, 0.6) is 5.75 Å². The van der Waals surface area contributed by atoms with E-state index in [1.807, 2.05) is 42.5 Å². The van der Waals surface area contributed by atoms with Crippen molar-refractivity contribution in [1.29, 1.82) is 0 Å². The number of benzene rings is 2. The van der Waals surface area contributed by atoms with Crippen molar-refractivity contribution < 1.29 is 4.74 Å². The third-order valence-electron chi connectivity index (χ3n) is 2.95. The lowest BCUT2D eigenvalue weighted by Gasteiger charge is -2.12. The summed E-state index contributed by atoms with van der Waals surface area (Å²) < 4.78 is 5.87. The summed E-state index contributed by atoms with van der Waals surface area (Å²) in [5.41, 5.74) is 8.70. The molecule has 0 radical (unpaired) electrons. The molecule has 2 aromatic carbocycles. The molecular formula is C16H18ClNO. The van der Waals surface area contributed by atoms with Gasteiger partial charge in [-0.05, 0) is 24.1 Å². The SMILES string of the molecule is CCCc1ccc(N)cc1OCc1ccccc1Cl. The van der Waals surface area contributed by atoms with E-state index < -0.39 is 0 Å². The lowest BCUT2D eigenvalue weighted by atomic mass is 10.1. The molecule has 2 N–H and O–H groups in total. The number of hydrogen-bond donors (Lipinski definition) is 1. The van der Waals surface area contributed by atoms with E-state index in [4.69, 9.17) is 22.1 Å². The Balaban J connectivity index is 2.14. The Morgan fingerprint density at radius 2 is 1.89 bits per heavy atom. The maximum Gasteiger partial charge on any atom is 0.125 e. The first-order chi connectivity index (χ1) is 9.20. The summed E-state index contributed by atoms with van der Waals surface area (Å²) >= 11 is 6.12. The molecule has 0 aliphatic heterocycles. The highest BCUT2D eigenvalue weighted by Crippen LogP contribution is 2.25. The predicted octanol–water partition coefficient (Wildman–Crippen LogP) is 4.45. The Bertz CT molecular complexity index is 554. The number of halogens is 1. The molecule has 0 spiro atoms. The van der Waals surface area contributed by atoms with Crippen molar-refractivity contribution in [2.75, 3.05) is 5.73 Å². The van der Waals surface area contributed by atoms with E-state index in [0.717, 1.165) is 29.2 Å². The van der Waals surface area contributed by atoms with Crippen LogP contribution in [0.25, 0.3) is 0 Å². The summed E-state index contributed by atoms with van der Waals surface area (Å²) in [7, 11) is 0. The van der Waals surface area contributed by atoms with Crippen LogP contribution >= 0.6 is 11.6 Å². The van der Waals surface area contributed by atoms with Gasteiger partial charge in [-0.1, -0.05) is 49.2 Å². The first-order valence-electron chi connectivity index (χ1n) is 6.45. The lowest BCUT2D eigenvalue weighted by Crippen LogP contribution is -2.00. The maximum atomic E-state index is 6.12. The molecule has 0 saturated carbocycles. The fourth-order valence-corrected chi connectivity index (χ4v) is 2.14. The second kappa shape index (κ2) is 6.48. The average molecular weight is 276 g/mol.